The van der Waals surface area contributed by atoms with Gasteiger partial charge in [0.1, 0.15) is 12.4 Å². The van der Waals surface area contributed by atoms with Crippen molar-refractivity contribution in [1.29, 1.82) is 0 Å². The molecule has 0 aliphatic heterocycles. The Morgan fingerprint density at radius 3 is 2.57 bits per heavy atom. The maximum atomic E-state index is 12.2. The standard InChI is InChI=1S/C20H26F2N4O3.HI/c1-23-20(25-13-16-5-4-10-24-18(16)28-12-11-27-3)26(2)14-15-6-8-17(9-7-15)29-19(21)22;/h4-10,19H,11-14H2,1-3H3,(H,23,25);1H. The van der Waals surface area contributed by atoms with Crippen LogP contribution in [0.4, 0.5) is 8.78 Å². The number of aliphatic imine (C=N–C) groups is 1. The molecule has 0 radical (unpaired) electrons. The SMILES string of the molecule is CN=C(NCc1cccnc1OCCOC)N(C)Cc1ccc(OC(F)F)cc1.I. The lowest BCUT2D eigenvalue weighted by molar-refractivity contribution is -0.0498. The lowest BCUT2D eigenvalue weighted by Crippen LogP contribution is -2.38. The fraction of sp³-hybridized carbons (Fsp3) is 0.400. The van der Waals surface area contributed by atoms with E-state index in [-0.39, 0.29) is 29.7 Å². The van der Waals surface area contributed by atoms with Gasteiger partial charge in [-0.15, -0.1) is 24.0 Å². The van der Waals surface area contributed by atoms with E-state index in [1.807, 2.05) is 24.1 Å². The van der Waals surface area contributed by atoms with Gasteiger partial charge in [0.25, 0.3) is 0 Å². The van der Waals surface area contributed by atoms with Crippen molar-refractivity contribution in [2.24, 2.45) is 4.99 Å². The Kier molecular flexibility index (Phi) is 12.0. The Morgan fingerprint density at radius 2 is 1.93 bits per heavy atom. The van der Waals surface area contributed by atoms with Crippen LogP contribution in [-0.4, -0.2) is 56.9 Å². The van der Waals surface area contributed by atoms with Crippen LogP contribution in [-0.2, 0) is 17.8 Å². The van der Waals surface area contributed by atoms with Crippen LogP contribution in [0.15, 0.2) is 47.6 Å². The first-order valence-corrected chi connectivity index (χ1v) is 9.04. The number of methoxy groups -OCH3 is 1. The fourth-order valence-electron chi connectivity index (χ4n) is 2.59. The lowest BCUT2D eigenvalue weighted by Gasteiger charge is -2.22. The van der Waals surface area contributed by atoms with Gasteiger partial charge in [-0.3, -0.25) is 4.99 Å². The van der Waals surface area contributed by atoms with Gasteiger partial charge < -0.3 is 24.4 Å². The first-order valence-electron chi connectivity index (χ1n) is 9.04. The molecule has 0 aliphatic rings. The highest BCUT2D eigenvalue weighted by Crippen LogP contribution is 2.16. The molecule has 1 aromatic carbocycles. The molecule has 1 aromatic heterocycles. The molecule has 0 fully saturated rings. The third-order valence-corrected chi connectivity index (χ3v) is 3.95. The van der Waals surface area contributed by atoms with Gasteiger partial charge >= 0.3 is 6.61 Å². The number of nitrogens with one attached hydrogen (secondary N) is 1. The number of alkyl halides is 2. The van der Waals surface area contributed by atoms with E-state index < -0.39 is 6.61 Å². The average molecular weight is 536 g/mol. The minimum atomic E-state index is -2.83. The van der Waals surface area contributed by atoms with Crippen molar-refractivity contribution in [1.82, 2.24) is 15.2 Å². The van der Waals surface area contributed by atoms with Crippen molar-refractivity contribution in [3.8, 4) is 11.6 Å². The molecule has 30 heavy (non-hydrogen) atoms. The summed E-state index contributed by atoms with van der Waals surface area (Å²) in [5.74, 6) is 1.35. The molecule has 7 nitrogen and oxygen atoms in total. The van der Waals surface area contributed by atoms with E-state index in [1.165, 1.54) is 12.1 Å². The average Bonchev–Trinajstić information content (AvgIpc) is 2.71. The minimum absolute atomic E-state index is 0. The Labute approximate surface area is 192 Å². The molecule has 0 saturated carbocycles. The second kappa shape index (κ2) is 13.9. The Morgan fingerprint density at radius 1 is 1.20 bits per heavy atom. The van der Waals surface area contributed by atoms with Crippen LogP contribution < -0.4 is 14.8 Å². The molecule has 0 amide bonds. The van der Waals surface area contributed by atoms with Gasteiger partial charge in [-0.2, -0.15) is 8.78 Å². The summed E-state index contributed by atoms with van der Waals surface area (Å²) in [5.41, 5.74) is 1.83. The summed E-state index contributed by atoms with van der Waals surface area (Å²) < 4.78 is 39.5. The van der Waals surface area contributed by atoms with Crippen LogP contribution in [0.2, 0.25) is 0 Å². The predicted octanol–water partition coefficient (Wildman–Crippen LogP) is 3.53. The highest BCUT2D eigenvalue weighted by Gasteiger charge is 2.10. The number of pyridine rings is 1. The summed E-state index contributed by atoms with van der Waals surface area (Å²) in [5, 5.41) is 3.27. The third kappa shape index (κ3) is 8.66. The molecule has 0 bridgehead atoms. The van der Waals surface area contributed by atoms with Gasteiger partial charge in [0.15, 0.2) is 5.96 Å². The zero-order valence-corrected chi connectivity index (χ0v) is 19.5. The zero-order valence-electron chi connectivity index (χ0n) is 17.2. The van der Waals surface area contributed by atoms with Crippen molar-refractivity contribution < 1.29 is 23.0 Å². The van der Waals surface area contributed by atoms with E-state index in [9.17, 15) is 8.78 Å². The van der Waals surface area contributed by atoms with Crippen molar-refractivity contribution in [3.63, 3.8) is 0 Å². The molecule has 0 atom stereocenters. The Bertz CT molecular complexity index is 779. The summed E-state index contributed by atoms with van der Waals surface area (Å²) in [6.07, 6.45) is 1.67. The van der Waals surface area contributed by atoms with Crippen LogP contribution in [0.25, 0.3) is 0 Å². The number of benzene rings is 1. The van der Waals surface area contributed by atoms with Gasteiger partial charge in [0.05, 0.1) is 6.61 Å². The quantitative estimate of drug-likeness (QED) is 0.217. The smallest absolute Gasteiger partial charge is 0.387 e. The third-order valence-electron chi connectivity index (χ3n) is 3.95. The Hall–Kier alpha value is -2.21. The van der Waals surface area contributed by atoms with E-state index in [2.05, 4.69) is 20.0 Å². The normalized spacial score (nSPS) is 11.1. The molecule has 166 valence electrons. The second-order valence-electron chi connectivity index (χ2n) is 6.09. The van der Waals surface area contributed by atoms with Crippen LogP contribution >= 0.6 is 24.0 Å². The summed E-state index contributed by atoms with van der Waals surface area (Å²) in [6, 6.07) is 10.3. The summed E-state index contributed by atoms with van der Waals surface area (Å²) in [7, 11) is 5.19. The first-order chi connectivity index (χ1) is 14.0. The van der Waals surface area contributed by atoms with E-state index >= 15 is 0 Å². The molecule has 1 heterocycles. The minimum Gasteiger partial charge on any atom is -0.475 e. The van der Waals surface area contributed by atoms with Crippen molar-refractivity contribution in [2.45, 2.75) is 19.7 Å². The number of guanidine groups is 1. The molecule has 0 saturated heterocycles. The van der Waals surface area contributed by atoms with Crippen LogP contribution in [0.1, 0.15) is 11.1 Å². The number of ether oxygens (including phenoxy) is 3. The molecule has 0 spiro atoms. The van der Waals surface area contributed by atoms with E-state index in [4.69, 9.17) is 9.47 Å². The van der Waals surface area contributed by atoms with E-state index in [1.54, 1.807) is 32.5 Å². The van der Waals surface area contributed by atoms with Gasteiger partial charge in [0.2, 0.25) is 5.88 Å². The molecular formula is C20H27F2IN4O3. The molecule has 10 heteroatoms. The van der Waals surface area contributed by atoms with Gasteiger partial charge in [-0.1, -0.05) is 18.2 Å². The maximum absolute atomic E-state index is 12.2. The summed E-state index contributed by atoms with van der Waals surface area (Å²) >= 11 is 0. The molecule has 1 N–H and O–H groups in total. The van der Waals surface area contributed by atoms with Crippen molar-refractivity contribution in [3.05, 3.63) is 53.7 Å². The second-order valence-corrected chi connectivity index (χ2v) is 6.09. The molecular weight excluding hydrogens is 509 g/mol. The molecule has 0 unspecified atom stereocenters. The van der Waals surface area contributed by atoms with Crippen LogP contribution in [0.3, 0.4) is 0 Å². The van der Waals surface area contributed by atoms with Crippen LogP contribution in [0, 0.1) is 0 Å². The number of nitrogens with zero attached hydrogens (tertiary/aromatic N) is 3. The maximum Gasteiger partial charge on any atom is 0.387 e. The topological polar surface area (TPSA) is 68.2 Å². The van der Waals surface area contributed by atoms with Gasteiger partial charge in [-0.05, 0) is 23.8 Å². The molecule has 0 aliphatic carbocycles. The zero-order chi connectivity index (χ0) is 21.1. The van der Waals surface area contributed by atoms with E-state index in [0.29, 0.717) is 38.1 Å². The molecule has 2 aromatic rings. The first kappa shape index (κ1) is 25.8. The molecule has 2 rings (SSSR count). The van der Waals surface area contributed by atoms with E-state index in [0.717, 1.165) is 11.1 Å². The predicted molar refractivity (Wildman–Crippen MR) is 122 cm³/mol. The number of aromatic nitrogens is 1. The van der Waals surface area contributed by atoms with Crippen molar-refractivity contribution in [2.75, 3.05) is 34.4 Å². The highest BCUT2D eigenvalue weighted by molar-refractivity contribution is 14.0. The largest absolute Gasteiger partial charge is 0.475 e. The number of hydrogen-bond donors (Lipinski definition) is 1. The highest BCUT2D eigenvalue weighted by atomic mass is 127. The number of halogens is 3. The van der Waals surface area contributed by atoms with Crippen LogP contribution in [0.5, 0.6) is 11.6 Å². The lowest BCUT2D eigenvalue weighted by atomic mass is 10.2. The fourth-order valence-corrected chi connectivity index (χ4v) is 2.59. The number of hydrogen-bond acceptors (Lipinski definition) is 5. The number of rotatable bonds is 10. The van der Waals surface area contributed by atoms with Gasteiger partial charge in [-0.25, -0.2) is 4.98 Å². The summed E-state index contributed by atoms with van der Waals surface area (Å²) in [4.78, 5) is 10.5. The van der Waals surface area contributed by atoms with Gasteiger partial charge in [0, 0.05) is 46.1 Å². The monoisotopic (exact) mass is 536 g/mol. The summed E-state index contributed by atoms with van der Waals surface area (Å²) in [6.45, 7) is -0.912. The van der Waals surface area contributed by atoms with Crippen molar-refractivity contribution >= 4 is 29.9 Å². The Balaban J connectivity index is 0.00000450.